The fourth-order valence-electron chi connectivity index (χ4n) is 2.61. The Labute approximate surface area is 119 Å². The van der Waals surface area contributed by atoms with Crippen LogP contribution in [0.2, 0.25) is 0 Å². The SMILES string of the molecule is CCc1cc(C(=O)O)cc2c1[nH]c1ccc(C(=O)O)cc12. The molecule has 1 aromatic heterocycles. The molecule has 0 aliphatic rings. The maximum atomic E-state index is 11.2. The van der Waals surface area contributed by atoms with Crippen molar-refractivity contribution in [3.05, 3.63) is 47.0 Å². The lowest BCUT2D eigenvalue weighted by Gasteiger charge is -2.02. The standard InChI is InChI=1S/C16H13NO4/c1-2-8-5-10(16(20)21)7-12-11-6-9(15(18)19)3-4-13(11)17-14(8)12/h3-7,17H,2H2,1H3,(H,18,19)(H,20,21). The van der Waals surface area contributed by atoms with Gasteiger partial charge in [0.15, 0.2) is 0 Å². The van der Waals surface area contributed by atoms with E-state index in [4.69, 9.17) is 5.11 Å². The average molecular weight is 283 g/mol. The third-order valence-corrected chi connectivity index (χ3v) is 3.66. The van der Waals surface area contributed by atoms with E-state index >= 15 is 0 Å². The molecule has 0 bridgehead atoms. The Bertz CT molecular complexity index is 892. The summed E-state index contributed by atoms with van der Waals surface area (Å²) in [5.74, 6) is -1.99. The largest absolute Gasteiger partial charge is 0.478 e. The van der Waals surface area contributed by atoms with Crippen LogP contribution in [-0.2, 0) is 6.42 Å². The van der Waals surface area contributed by atoms with Crippen LogP contribution in [0.4, 0.5) is 0 Å². The summed E-state index contributed by atoms with van der Waals surface area (Å²) in [6.45, 7) is 1.95. The molecule has 0 spiro atoms. The molecule has 106 valence electrons. The van der Waals surface area contributed by atoms with Gasteiger partial charge in [-0.05, 0) is 42.3 Å². The van der Waals surface area contributed by atoms with Crippen LogP contribution in [0.15, 0.2) is 30.3 Å². The summed E-state index contributed by atoms with van der Waals surface area (Å²) in [6.07, 6.45) is 0.691. The second-order valence-corrected chi connectivity index (χ2v) is 4.91. The maximum absolute atomic E-state index is 11.2. The molecule has 5 nitrogen and oxygen atoms in total. The van der Waals surface area contributed by atoms with Crippen molar-refractivity contribution in [1.82, 2.24) is 4.98 Å². The number of hydrogen-bond acceptors (Lipinski definition) is 2. The Morgan fingerprint density at radius 1 is 1.00 bits per heavy atom. The number of carboxylic acid groups (broad SMARTS) is 2. The number of benzene rings is 2. The van der Waals surface area contributed by atoms with Gasteiger partial charge in [0.1, 0.15) is 0 Å². The van der Waals surface area contributed by atoms with Crippen molar-refractivity contribution in [2.75, 3.05) is 0 Å². The van der Waals surface area contributed by atoms with Gasteiger partial charge >= 0.3 is 11.9 Å². The van der Waals surface area contributed by atoms with Crippen LogP contribution in [0, 0.1) is 0 Å². The van der Waals surface area contributed by atoms with E-state index in [0.717, 1.165) is 27.4 Å². The minimum absolute atomic E-state index is 0.183. The zero-order valence-corrected chi connectivity index (χ0v) is 11.3. The van der Waals surface area contributed by atoms with Crippen LogP contribution in [0.5, 0.6) is 0 Å². The first-order valence-corrected chi connectivity index (χ1v) is 6.56. The number of H-pyrrole nitrogens is 1. The first-order valence-electron chi connectivity index (χ1n) is 6.56. The molecule has 21 heavy (non-hydrogen) atoms. The van der Waals surface area contributed by atoms with Crippen molar-refractivity contribution in [1.29, 1.82) is 0 Å². The first-order chi connectivity index (χ1) is 10.0. The maximum Gasteiger partial charge on any atom is 0.335 e. The van der Waals surface area contributed by atoms with E-state index in [0.29, 0.717) is 6.42 Å². The summed E-state index contributed by atoms with van der Waals surface area (Å²) >= 11 is 0. The smallest absolute Gasteiger partial charge is 0.335 e. The monoisotopic (exact) mass is 283 g/mol. The molecule has 0 saturated heterocycles. The number of fused-ring (bicyclic) bond motifs is 3. The number of hydrogen-bond donors (Lipinski definition) is 3. The Morgan fingerprint density at radius 2 is 1.67 bits per heavy atom. The van der Waals surface area contributed by atoms with Gasteiger partial charge in [-0.15, -0.1) is 0 Å². The number of aromatic carboxylic acids is 2. The molecule has 1 heterocycles. The second-order valence-electron chi connectivity index (χ2n) is 4.91. The van der Waals surface area contributed by atoms with E-state index in [-0.39, 0.29) is 11.1 Å². The van der Waals surface area contributed by atoms with Crippen LogP contribution in [-0.4, -0.2) is 27.1 Å². The van der Waals surface area contributed by atoms with Crippen molar-refractivity contribution >= 4 is 33.7 Å². The Hall–Kier alpha value is -2.82. The molecule has 3 aromatic rings. The number of aryl methyl sites for hydroxylation is 1. The van der Waals surface area contributed by atoms with E-state index in [1.54, 1.807) is 24.3 Å². The predicted molar refractivity (Wildman–Crippen MR) is 79.1 cm³/mol. The highest BCUT2D eigenvalue weighted by atomic mass is 16.4. The first kappa shape index (κ1) is 13.2. The summed E-state index contributed by atoms with van der Waals surface area (Å²) in [7, 11) is 0. The van der Waals surface area contributed by atoms with Crippen molar-refractivity contribution in [2.45, 2.75) is 13.3 Å². The van der Waals surface area contributed by atoms with E-state index in [9.17, 15) is 14.7 Å². The topological polar surface area (TPSA) is 90.4 Å². The molecule has 0 aliphatic carbocycles. The number of carboxylic acids is 2. The van der Waals surface area contributed by atoms with Crippen molar-refractivity contribution in [3.63, 3.8) is 0 Å². The molecule has 0 radical (unpaired) electrons. The van der Waals surface area contributed by atoms with E-state index < -0.39 is 11.9 Å². The van der Waals surface area contributed by atoms with Gasteiger partial charge in [0.25, 0.3) is 0 Å². The third kappa shape index (κ3) is 2.03. The quantitative estimate of drug-likeness (QED) is 0.688. The van der Waals surface area contributed by atoms with E-state index in [1.807, 2.05) is 6.92 Å². The van der Waals surface area contributed by atoms with Gasteiger partial charge in [0.05, 0.1) is 11.1 Å². The predicted octanol–water partition coefficient (Wildman–Crippen LogP) is 3.28. The third-order valence-electron chi connectivity index (χ3n) is 3.66. The van der Waals surface area contributed by atoms with Gasteiger partial charge in [0, 0.05) is 21.8 Å². The molecule has 0 fully saturated rings. The molecule has 0 unspecified atom stereocenters. The number of aromatic nitrogens is 1. The van der Waals surface area contributed by atoms with Gasteiger partial charge in [-0.2, -0.15) is 0 Å². The molecular formula is C16H13NO4. The molecule has 5 heteroatoms. The normalized spacial score (nSPS) is 11.1. The van der Waals surface area contributed by atoms with E-state index in [2.05, 4.69) is 4.98 Å². The highest BCUT2D eigenvalue weighted by Crippen LogP contribution is 2.30. The average Bonchev–Trinajstić information content (AvgIpc) is 2.83. The van der Waals surface area contributed by atoms with Gasteiger partial charge in [-0.25, -0.2) is 9.59 Å². The molecule has 0 atom stereocenters. The minimum Gasteiger partial charge on any atom is -0.478 e. The summed E-state index contributed by atoms with van der Waals surface area (Å²) in [6, 6.07) is 8.05. The van der Waals surface area contributed by atoms with Crippen molar-refractivity contribution in [2.24, 2.45) is 0 Å². The number of aromatic amines is 1. The van der Waals surface area contributed by atoms with Gasteiger partial charge in [-0.3, -0.25) is 0 Å². The zero-order valence-electron chi connectivity index (χ0n) is 11.3. The lowest BCUT2D eigenvalue weighted by Crippen LogP contribution is -1.98. The minimum atomic E-state index is -1.00. The van der Waals surface area contributed by atoms with Gasteiger partial charge in [-0.1, -0.05) is 6.92 Å². The Kier molecular flexibility index (Phi) is 2.90. The van der Waals surface area contributed by atoms with Crippen LogP contribution >= 0.6 is 0 Å². The molecule has 0 saturated carbocycles. The lowest BCUT2D eigenvalue weighted by atomic mass is 10.0. The fourth-order valence-corrected chi connectivity index (χ4v) is 2.61. The molecular weight excluding hydrogens is 270 g/mol. The summed E-state index contributed by atoms with van der Waals surface area (Å²) in [5, 5.41) is 19.8. The van der Waals surface area contributed by atoms with Gasteiger partial charge in [0.2, 0.25) is 0 Å². The Morgan fingerprint density at radius 3 is 2.29 bits per heavy atom. The molecule has 3 N–H and O–H groups in total. The van der Waals surface area contributed by atoms with Crippen LogP contribution in [0.1, 0.15) is 33.2 Å². The molecule has 0 aliphatic heterocycles. The molecule has 3 rings (SSSR count). The molecule has 0 amide bonds. The second kappa shape index (κ2) is 4.63. The number of rotatable bonds is 3. The van der Waals surface area contributed by atoms with Crippen molar-refractivity contribution in [3.8, 4) is 0 Å². The summed E-state index contributed by atoms with van der Waals surface area (Å²) < 4.78 is 0. The highest BCUT2D eigenvalue weighted by molar-refractivity contribution is 6.12. The van der Waals surface area contributed by atoms with Gasteiger partial charge < -0.3 is 15.2 Å². The van der Waals surface area contributed by atoms with Crippen LogP contribution in [0.25, 0.3) is 21.8 Å². The van der Waals surface area contributed by atoms with Crippen LogP contribution in [0.3, 0.4) is 0 Å². The lowest BCUT2D eigenvalue weighted by molar-refractivity contribution is 0.0686. The fraction of sp³-hybridized carbons (Fsp3) is 0.125. The van der Waals surface area contributed by atoms with Crippen molar-refractivity contribution < 1.29 is 19.8 Å². The summed E-state index contributed by atoms with van der Waals surface area (Å²) in [4.78, 5) is 25.6. The zero-order chi connectivity index (χ0) is 15.1. The van der Waals surface area contributed by atoms with Crippen LogP contribution < -0.4 is 0 Å². The summed E-state index contributed by atoms with van der Waals surface area (Å²) in [5.41, 5.74) is 2.95. The van der Waals surface area contributed by atoms with E-state index in [1.165, 1.54) is 6.07 Å². The molecule has 2 aromatic carbocycles. The Balaban J connectivity index is 2.43. The number of nitrogens with one attached hydrogen (secondary N) is 1. The highest BCUT2D eigenvalue weighted by Gasteiger charge is 2.14. The number of carbonyl (C=O) groups is 2.